The van der Waals surface area contributed by atoms with Gasteiger partial charge in [-0.05, 0) is 36.5 Å². The van der Waals surface area contributed by atoms with Gasteiger partial charge >= 0.3 is 5.97 Å². The van der Waals surface area contributed by atoms with Crippen molar-refractivity contribution in [3.63, 3.8) is 0 Å². The van der Waals surface area contributed by atoms with Crippen molar-refractivity contribution < 1.29 is 14.7 Å². The van der Waals surface area contributed by atoms with Crippen molar-refractivity contribution in [2.24, 2.45) is 5.92 Å². The molecular formula is C17H23NO3. The lowest BCUT2D eigenvalue weighted by molar-refractivity contribution is -0.121. The number of carboxylic acid groups (broad SMARTS) is 1. The lowest BCUT2D eigenvalue weighted by atomic mass is 9.83. The van der Waals surface area contributed by atoms with Crippen molar-refractivity contribution in [1.29, 1.82) is 0 Å². The summed E-state index contributed by atoms with van der Waals surface area (Å²) in [5.74, 6) is -0.397. The third-order valence-corrected chi connectivity index (χ3v) is 4.32. The minimum atomic E-state index is -0.962. The van der Waals surface area contributed by atoms with Gasteiger partial charge in [0, 0.05) is 6.04 Å². The first-order chi connectivity index (χ1) is 10.1. The predicted molar refractivity (Wildman–Crippen MR) is 81.3 cm³/mol. The largest absolute Gasteiger partial charge is 0.478 e. The molecule has 0 aromatic heterocycles. The van der Waals surface area contributed by atoms with E-state index in [1.165, 1.54) is 25.3 Å². The first-order valence-corrected chi connectivity index (χ1v) is 7.71. The van der Waals surface area contributed by atoms with Crippen LogP contribution in [0.1, 0.15) is 54.9 Å². The number of hydrogen-bond donors (Lipinski definition) is 2. The maximum atomic E-state index is 12.2. The molecule has 2 atom stereocenters. The smallest absolute Gasteiger partial charge is 0.335 e. The Balaban J connectivity index is 1.95. The Morgan fingerprint density at radius 1 is 1.29 bits per heavy atom. The fraction of sp³-hybridized carbons (Fsp3) is 0.529. The number of amides is 1. The van der Waals surface area contributed by atoms with Crippen molar-refractivity contribution in [3.8, 4) is 0 Å². The highest BCUT2D eigenvalue weighted by atomic mass is 16.4. The van der Waals surface area contributed by atoms with Gasteiger partial charge < -0.3 is 10.4 Å². The molecule has 4 nitrogen and oxygen atoms in total. The highest BCUT2D eigenvalue weighted by Crippen LogP contribution is 2.26. The van der Waals surface area contributed by atoms with E-state index < -0.39 is 5.97 Å². The monoisotopic (exact) mass is 289 g/mol. The number of nitrogens with one attached hydrogen (secondary N) is 1. The van der Waals surface area contributed by atoms with Crippen LogP contribution in [0.2, 0.25) is 0 Å². The predicted octanol–water partition coefficient (Wildman–Crippen LogP) is 3.01. The maximum absolute atomic E-state index is 12.2. The molecule has 0 bridgehead atoms. The number of carbonyl (C=O) groups excluding carboxylic acids is 1. The molecule has 114 valence electrons. The number of hydrogen-bond acceptors (Lipinski definition) is 2. The standard InChI is InChI=1S/C17H23NO3/c1-2-13-7-3-4-9-15(13)18-16(19)11-12-6-5-8-14(10-12)17(20)21/h5-6,8,10,13,15H,2-4,7,9,11H2,1H3,(H,18,19)(H,20,21). The summed E-state index contributed by atoms with van der Waals surface area (Å²) in [6, 6.07) is 6.86. The van der Waals surface area contributed by atoms with E-state index in [4.69, 9.17) is 5.11 Å². The molecule has 0 radical (unpaired) electrons. The van der Waals surface area contributed by atoms with Crippen LogP contribution in [-0.4, -0.2) is 23.0 Å². The van der Waals surface area contributed by atoms with Crippen LogP contribution in [0.5, 0.6) is 0 Å². The van der Waals surface area contributed by atoms with Gasteiger partial charge in [-0.1, -0.05) is 38.3 Å². The number of rotatable bonds is 5. The Labute approximate surface area is 125 Å². The fourth-order valence-corrected chi connectivity index (χ4v) is 3.14. The number of aromatic carboxylic acids is 1. The Bertz CT molecular complexity index is 513. The van der Waals surface area contributed by atoms with E-state index in [-0.39, 0.29) is 23.9 Å². The molecule has 2 N–H and O–H groups in total. The van der Waals surface area contributed by atoms with E-state index >= 15 is 0 Å². The van der Waals surface area contributed by atoms with Crippen LogP contribution in [0.3, 0.4) is 0 Å². The van der Waals surface area contributed by atoms with Gasteiger partial charge in [0.1, 0.15) is 0 Å². The molecule has 21 heavy (non-hydrogen) atoms. The summed E-state index contributed by atoms with van der Waals surface area (Å²) in [4.78, 5) is 23.1. The Morgan fingerprint density at radius 3 is 2.76 bits per heavy atom. The molecular weight excluding hydrogens is 266 g/mol. The lowest BCUT2D eigenvalue weighted by Crippen LogP contribution is -2.42. The van der Waals surface area contributed by atoms with Crippen LogP contribution in [0.15, 0.2) is 24.3 Å². The molecule has 1 aromatic carbocycles. The molecule has 0 heterocycles. The summed E-state index contributed by atoms with van der Waals surface area (Å²) >= 11 is 0. The van der Waals surface area contributed by atoms with Crippen molar-refractivity contribution in [3.05, 3.63) is 35.4 Å². The van der Waals surface area contributed by atoms with Gasteiger partial charge in [-0.15, -0.1) is 0 Å². The van der Waals surface area contributed by atoms with Gasteiger partial charge in [0.15, 0.2) is 0 Å². The maximum Gasteiger partial charge on any atom is 0.335 e. The molecule has 1 saturated carbocycles. The Morgan fingerprint density at radius 2 is 2.05 bits per heavy atom. The molecule has 1 aliphatic carbocycles. The van der Waals surface area contributed by atoms with E-state index in [0.29, 0.717) is 5.92 Å². The number of carbonyl (C=O) groups is 2. The molecule has 1 fully saturated rings. The van der Waals surface area contributed by atoms with Crippen LogP contribution < -0.4 is 5.32 Å². The molecule has 0 aliphatic heterocycles. The molecule has 1 aromatic rings. The Hall–Kier alpha value is -1.84. The molecule has 2 rings (SSSR count). The lowest BCUT2D eigenvalue weighted by Gasteiger charge is -2.31. The number of carboxylic acids is 1. The zero-order chi connectivity index (χ0) is 15.2. The molecule has 0 spiro atoms. The topological polar surface area (TPSA) is 66.4 Å². The van der Waals surface area contributed by atoms with Crippen molar-refractivity contribution in [2.45, 2.75) is 51.5 Å². The van der Waals surface area contributed by atoms with Crippen LogP contribution >= 0.6 is 0 Å². The minimum absolute atomic E-state index is 0.0112. The number of benzene rings is 1. The van der Waals surface area contributed by atoms with Crippen molar-refractivity contribution in [1.82, 2.24) is 5.32 Å². The normalized spacial score (nSPS) is 21.8. The fourth-order valence-electron chi connectivity index (χ4n) is 3.14. The van der Waals surface area contributed by atoms with Gasteiger partial charge in [-0.25, -0.2) is 4.79 Å². The minimum Gasteiger partial charge on any atom is -0.478 e. The summed E-state index contributed by atoms with van der Waals surface area (Å²) in [7, 11) is 0. The van der Waals surface area contributed by atoms with Crippen LogP contribution in [-0.2, 0) is 11.2 Å². The summed E-state index contributed by atoms with van der Waals surface area (Å²) < 4.78 is 0. The zero-order valence-electron chi connectivity index (χ0n) is 12.5. The SMILES string of the molecule is CCC1CCCCC1NC(=O)Cc1cccc(C(=O)O)c1. The van der Waals surface area contributed by atoms with E-state index in [2.05, 4.69) is 12.2 Å². The second kappa shape index (κ2) is 7.25. The zero-order valence-corrected chi connectivity index (χ0v) is 12.5. The van der Waals surface area contributed by atoms with E-state index in [1.54, 1.807) is 18.2 Å². The highest BCUT2D eigenvalue weighted by molar-refractivity contribution is 5.88. The molecule has 1 aliphatic rings. The van der Waals surface area contributed by atoms with Crippen LogP contribution in [0, 0.1) is 5.92 Å². The average Bonchev–Trinajstić information content (AvgIpc) is 2.48. The summed E-state index contributed by atoms with van der Waals surface area (Å²) in [6.07, 6.45) is 6.02. The first-order valence-electron chi connectivity index (χ1n) is 7.71. The van der Waals surface area contributed by atoms with E-state index in [9.17, 15) is 9.59 Å². The summed E-state index contributed by atoms with van der Waals surface area (Å²) in [6.45, 7) is 2.17. The van der Waals surface area contributed by atoms with Crippen molar-refractivity contribution >= 4 is 11.9 Å². The van der Waals surface area contributed by atoms with Gasteiger partial charge in [0.25, 0.3) is 0 Å². The van der Waals surface area contributed by atoms with Crippen molar-refractivity contribution in [2.75, 3.05) is 0 Å². The van der Waals surface area contributed by atoms with Crippen LogP contribution in [0.4, 0.5) is 0 Å². The van der Waals surface area contributed by atoms with Gasteiger partial charge in [-0.2, -0.15) is 0 Å². The summed E-state index contributed by atoms with van der Waals surface area (Å²) in [5.41, 5.74) is 0.973. The van der Waals surface area contributed by atoms with Gasteiger partial charge in [-0.3, -0.25) is 4.79 Å². The molecule has 4 heteroatoms. The second-order valence-corrected chi connectivity index (χ2v) is 5.81. The first kappa shape index (κ1) is 15.5. The van der Waals surface area contributed by atoms with E-state index in [0.717, 1.165) is 18.4 Å². The van der Waals surface area contributed by atoms with Gasteiger partial charge in [0.2, 0.25) is 5.91 Å². The third-order valence-electron chi connectivity index (χ3n) is 4.32. The Kier molecular flexibility index (Phi) is 5.37. The van der Waals surface area contributed by atoms with E-state index in [1.807, 2.05) is 0 Å². The molecule has 1 amide bonds. The summed E-state index contributed by atoms with van der Waals surface area (Å²) in [5, 5.41) is 12.1. The van der Waals surface area contributed by atoms with Crippen LogP contribution in [0.25, 0.3) is 0 Å². The quantitative estimate of drug-likeness (QED) is 0.875. The molecule has 0 saturated heterocycles. The second-order valence-electron chi connectivity index (χ2n) is 5.81. The molecule has 2 unspecified atom stereocenters. The van der Waals surface area contributed by atoms with Gasteiger partial charge in [0.05, 0.1) is 12.0 Å². The highest BCUT2D eigenvalue weighted by Gasteiger charge is 2.24. The average molecular weight is 289 g/mol. The third kappa shape index (κ3) is 4.31.